The minimum Gasteiger partial charge on any atom is -0.496 e. The quantitative estimate of drug-likeness (QED) is 0.290. The molecule has 0 saturated heterocycles. The van der Waals surface area contributed by atoms with E-state index in [1.807, 2.05) is 31.2 Å². The number of aliphatic hydroxyl groups excluding tert-OH is 1. The van der Waals surface area contributed by atoms with Crippen LogP contribution in [0, 0.1) is 18.7 Å². The molecular formula is C28H31FO6. The molecule has 3 aromatic rings. The first-order chi connectivity index (χ1) is 16.8. The van der Waals surface area contributed by atoms with Crippen molar-refractivity contribution in [1.82, 2.24) is 0 Å². The molecule has 0 spiro atoms. The largest absolute Gasteiger partial charge is 0.496 e. The number of ether oxygens (including phenoxy) is 4. The second-order valence-electron chi connectivity index (χ2n) is 8.29. The molecule has 7 heteroatoms. The monoisotopic (exact) mass is 482 g/mol. The van der Waals surface area contributed by atoms with Gasteiger partial charge in [-0.3, -0.25) is 4.79 Å². The summed E-state index contributed by atoms with van der Waals surface area (Å²) in [6.07, 6.45) is 0.191. The fraction of sp³-hybridized carbons (Fsp3) is 0.321. The minimum atomic E-state index is -0.845. The molecular weight excluding hydrogens is 451 g/mol. The molecule has 2 unspecified atom stereocenters. The lowest BCUT2D eigenvalue weighted by molar-refractivity contribution is -0.131. The number of hydrogen-bond donors (Lipinski definition) is 1. The normalized spacial score (nSPS) is 12.5. The Hall–Kier alpha value is -3.58. The second kappa shape index (κ2) is 12.2. The highest BCUT2D eigenvalue weighted by atomic mass is 19.1. The van der Waals surface area contributed by atoms with Crippen molar-refractivity contribution in [2.45, 2.75) is 32.8 Å². The first-order valence-corrected chi connectivity index (χ1v) is 11.4. The van der Waals surface area contributed by atoms with Crippen LogP contribution in [-0.2, 0) is 11.2 Å². The van der Waals surface area contributed by atoms with Crippen LogP contribution in [0.25, 0.3) is 0 Å². The molecule has 0 saturated carbocycles. The van der Waals surface area contributed by atoms with Gasteiger partial charge in [-0.2, -0.15) is 0 Å². The maximum atomic E-state index is 13.5. The van der Waals surface area contributed by atoms with Crippen molar-refractivity contribution in [2.75, 3.05) is 20.8 Å². The van der Waals surface area contributed by atoms with Crippen LogP contribution in [0.4, 0.5) is 4.39 Å². The average Bonchev–Trinajstić information content (AvgIpc) is 2.84. The number of carbonyl (C=O) groups is 1. The van der Waals surface area contributed by atoms with Gasteiger partial charge in [0.1, 0.15) is 28.8 Å². The van der Waals surface area contributed by atoms with E-state index in [1.54, 1.807) is 38.5 Å². The predicted molar refractivity (Wildman–Crippen MR) is 131 cm³/mol. The van der Waals surface area contributed by atoms with Crippen molar-refractivity contribution in [1.29, 1.82) is 0 Å². The van der Waals surface area contributed by atoms with E-state index in [1.165, 1.54) is 19.1 Å². The molecule has 3 rings (SSSR count). The Morgan fingerprint density at radius 1 is 0.971 bits per heavy atom. The minimum absolute atomic E-state index is 0.236. The smallest absolute Gasteiger partial charge is 0.308 e. The molecule has 0 radical (unpaired) electrons. The molecule has 0 amide bonds. The summed E-state index contributed by atoms with van der Waals surface area (Å²) in [7, 11) is 3.15. The van der Waals surface area contributed by atoms with E-state index in [9.17, 15) is 14.3 Å². The summed E-state index contributed by atoms with van der Waals surface area (Å²) in [4.78, 5) is 11.2. The summed E-state index contributed by atoms with van der Waals surface area (Å²) in [6.45, 7) is 3.53. The van der Waals surface area contributed by atoms with E-state index in [-0.39, 0.29) is 24.3 Å². The van der Waals surface area contributed by atoms with Gasteiger partial charge in [-0.05, 0) is 73.2 Å². The van der Waals surface area contributed by atoms with Crippen LogP contribution in [0.5, 0.6) is 23.0 Å². The standard InChI is InChI=1S/C28H31FO6/c1-18-26(32-3)15-22(16-27(18)33-4)28(31)21(12-13-34-25-7-5-6-23(29)17-25)14-20-8-10-24(11-9-20)35-19(2)30/h5-11,15-17,21,28,31H,12-14H2,1-4H3. The van der Waals surface area contributed by atoms with Gasteiger partial charge in [0, 0.05) is 18.6 Å². The van der Waals surface area contributed by atoms with Crippen molar-refractivity contribution in [3.63, 3.8) is 0 Å². The van der Waals surface area contributed by atoms with E-state index in [4.69, 9.17) is 18.9 Å². The Labute approximate surface area is 205 Å². The number of benzene rings is 3. The summed E-state index contributed by atoms with van der Waals surface area (Å²) >= 11 is 0. The van der Waals surface area contributed by atoms with Gasteiger partial charge in [-0.15, -0.1) is 0 Å². The molecule has 0 aliphatic carbocycles. The molecule has 0 aliphatic rings. The number of aliphatic hydroxyl groups is 1. The first-order valence-electron chi connectivity index (χ1n) is 11.4. The SMILES string of the molecule is COc1cc(C(O)C(CCOc2cccc(F)c2)Cc2ccc(OC(C)=O)cc2)cc(OC)c1C. The predicted octanol–water partition coefficient (Wildman–Crippen LogP) is 5.44. The summed E-state index contributed by atoms with van der Waals surface area (Å²) in [6, 6.07) is 16.8. The van der Waals surface area contributed by atoms with Crippen molar-refractivity contribution in [2.24, 2.45) is 5.92 Å². The molecule has 186 valence electrons. The molecule has 1 N–H and O–H groups in total. The fourth-order valence-electron chi connectivity index (χ4n) is 3.97. The second-order valence-corrected chi connectivity index (χ2v) is 8.29. The highest BCUT2D eigenvalue weighted by Crippen LogP contribution is 2.36. The highest BCUT2D eigenvalue weighted by molar-refractivity contribution is 5.69. The van der Waals surface area contributed by atoms with Gasteiger partial charge in [0.25, 0.3) is 0 Å². The zero-order chi connectivity index (χ0) is 25.4. The Balaban J connectivity index is 1.82. The van der Waals surface area contributed by atoms with Crippen molar-refractivity contribution in [3.05, 3.63) is 83.2 Å². The lowest BCUT2D eigenvalue weighted by Gasteiger charge is -2.25. The van der Waals surface area contributed by atoms with Crippen LogP contribution in [0.3, 0.4) is 0 Å². The van der Waals surface area contributed by atoms with Crippen molar-refractivity contribution < 1.29 is 33.2 Å². The van der Waals surface area contributed by atoms with Gasteiger partial charge in [-0.1, -0.05) is 18.2 Å². The van der Waals surface area contributed by atoms with Crippen LogP contribution in [0.15, 0.2) is 60.7 Å². The van der Waals surface area contributed by atoms with E-state index >= 15 is 0 Å². The van der Waals surface area contributed by atoms with Gasteiger partial charge in [0.15, 0.2) is 0 Å². The van der Waals surface area contributed by atoms with Gasteiger partial charge in [0.2, 0.25) is 0 Å². The summed E-state index contributed by atoms with van der Waals surface area (Å²) in [5.41, 5.74) is 2.47. The number of esters is 1. The summed E-state index contributed by atoms with van der Waals surface area (Å²) in [5.74, 6) is 1.15. The van der Waals surface area contributed by atoms with Gasteiger partial charge in [0.05, 0.1) is 26.9 Å². The zero-order valence-corrected chi connectivity index (χ0v) is 20.4. The summed E-state index contributed by atoms with van der Waals surface area (Å²) < 4.78 is 35.3. The third-order valence-electron chi connectivity index (χ3n) is 5.80. The first kappa shape index (κ1) is 26.0. The number of carbonyl (C=O) groups excluding carboxylic acids is 1. The van der Waals surface area contributed by atoms with Crippen LogP contribution >= 0.6 is 0 Å². The Bertz CT molecular complexity index is 1100. The van der Waals surface area contributed by atoms with E-state index < -0.39 is 6.10 Å². The number of hydrogen-bond acceptors (Lipinski definition) is 6. The molecule has 6 nitrogen and oxygen atoms in total. The van der Waals surface area contributed by atoms with E-state index in [2.05, 4.69) is 0 Å². The fourth-order valence-corrected chi connectivity index (χ4v) is 3.97. The Kier molecular flexibility index (Phi) is 9.09. The van der Waals surface area contributed by atoms with Crippen LogP contribution in [-0.4, -0.2) is 31.9 Å². The summed E-state index contributed by atoms with van der Waals surface area (Å²) in [5, 5.41) is 11.4. The van der Waals surface area contributed by atoms with Crippen LogP contribution in [0.1, 0.15) is 36.1 Å². The van der Waals surface area contributed by atoms with Crippen LogP contribution in [0.2, 0.25) is 0 Å². The van der Waals surface area contributed by atoms with Gasteiger partial charge < -0.3 is 24.1 Å². The van der Waals surface area contributed by atoms with Gasteiger partial charge in [-0.25, -0.2) is 4.39 Å². The van der Waals surface area contributed by atoms with Gasteiger partial charge >= 0.3 is 5.97 Å². The number of halogens is 1. The third-order valence-corrected chi connectivity index (χ3v) is 5.80. The molecule has 0 fully saturated rings. The van der Waals surface area contributed by atoms with E-state index in [0.717, 1.165) is 11.1 Å². The van der Waals surface area contributed by atoms with E-state index in [0.29, 0.717) is 41.4 Å². The topological polar surface area (TPSA) is 74.2 Å². The molecule has 0 heterocycles. The average molecular weight is 483 g/mol. The molecule has 2 atom stereocenters. The lowest BCUT2D eigenvalue weighted by Crippen LogP contribution is -2.19. The molecule has 0 aliphatic heterocycles. The highest BCUT2D eigenvalue weighted by Gasteiger charge is 2.24. The number of methoxy groups -OCH3 is 2. The zero-order valence-electron chi connectivity index (χ0n) is 20.4. The maximum absolute atomic E-state index is 13.5. The molecule has 0 aromatic heterocycles. The lowest BCUT2D eigenvalue weighted by atomic mass is 9.87. The Morgan fingerprint density at radius 2 is 1.63 bits per heavy atom. The van der Waals surface area contributed by atoms with Crippen molar-refractivity contribution in [3.8, 4) is 23.0 Å². The van der Waals surface area contributed by atoms with Crippen LogP contribution < -0.4 is 18.9 Å². The molecule has 3 aromatic carbocycles. The number of rotatable bonds is 11. The molecule has 0 bridgehead atoms. The third kappa shape index (κ3) is 7.20. The maximum Gasteiger partial charge on any atom is 0.308 e. The Morgan fingerprint density at radius 3 is 2.20 bits per heavy atom. The van der Waals surface area contributed by atoms with Crippen molar-refractivity contribution >= 4 is 5.97 Å². The molecule has 35 heavy (non-hydrogen) atoms.